The highest BCUT2D eigenvalue weighted by Crippen LogP contribution is 2.36. The van der Waals surface area contributed by atoms with Crippen molar-refractivity contribution < 1.29 is 4.39 Å². The van der Waals surface area contributed by atoms with Crippen molar-refractivity contribution in [3.05, 3.63) is 54.6 Å². The van der Waals surface area contributed by atoms with Gasteiger partial charge in [-0.25, -0.2) is 4.39 Å². The quantitative estimate of drug-likeness (QED) is 0.488. The molecular formula is C23H24FN5. The summed E-state index contributed by atoms with van der Waals surface area (Å²) in [5, 5.41) is 10.1. The third kappa shape index (κ3) is 3.43. The molecule has 4 aromatic rings. The second-order valence-corrected chi connectivity index (χ2v) is 8.21. The fourth-order valence-corrected chi connectivity index (χ4v) is 4.34. The zero-order valence-electron chi connectivity index (χ0n) is 16.8. The number of aryl methyl sites for hydroxylation is 2. The Bertz CT molecular complexity index is 1180. The number of hydrogen-bond donors (Lipinski definition) is 0. The maximum atomic E-state index is 14.9. The molecule has 0 unspecified atom stereocenters. The second-order valence-electron chi connectivity index (χ2n) is 8.21. The predicted molar refractivity (Wildman–Crippen MR) is 112 cm³/mol. The molecule has 0 atom stereocenters. The summed E-state index contributed by atoms with van der Waals surface area (Å²) in [6, 6.07) is 10.3. The van der Waals surface area contributed by atoms with Gasteiger partial charge in [0, 0.05) is 47.2 Å². The zero-order chi connectivity index (χ0) is 20.0. The zero-order valence-corrected chi connectivity index (χ0v) is 16.8. The summed E-state index contributed by atoms with van der Waals surface area (Å²) in [7, 11) is 1.92. The number of aromatic nitrogens is 5. The van der Waals surface area contributed by atoms with Gasteiger partial charge in [0.2, 0.25) is 0 Å². The van der Waals surface area contributed by atoms with Gasteiger partial charge in [-0.2, -0.15) is 10.2 Å². The van der Waals surface area contributed by atoms with Crippen LogP contribution in [0.3, 0.4) is 0 Å². The highest BCUT2D eigenvalue weighted by molar-refractivity contribution is 5.87. The van der Waals surface area contributed by atoms with Crippen LogP contribution in [0.1, 0.15) is 31.4 Å². The Morgan fingerprint density at radius 2 is 1.90 bits per heavy atom. The second kappa shape index (κ2) is 6.79. The molecule has 148 valence electrons. The van der Waals surface area contributed by atoms with Crippen molar-refractivity contribution in [1.29, 1.82) is 0 Å². The van der Waals surface area contributed by atoms with Crippen LogP contribution in [-0.4, -0.2) is 30.2 Å². The summed E-state index contributed by atoms with van der Waals surface area (Å²) in [4.78, 5) is 4.81. The number of nitrogens with zero attached hydrogens (tertiary/aromatic N) is 5. The number of benzene rings is 1. The van der Waals surface area contributed by atoms with Crippen LogP contribution in [0.25, 0.3) is 33.3 Å². The minimum Gasteiger partial charge on any atom is -0.275 e. The van der Waals surface area contributed by atoms with E-state index in [1.807, 2.05) is 43.3 Å². The maximum absolute atomic E-state index is 14.9. The van der Waals surface area contributed by atoms with Gasteiger partial charge in [-0.05, 0) is 31.9 Å². The van der Waals surface area contributed by atoms with Crippen molar-refractivity contribution in [2.24, 2.45) is 7.05 Å². The van der Waals surface area contributed by atoms with Crippen LogP contribution in [0.4, 0.5) is 4.39 Å². The molecule has 1 aromatic carbocycles. The summed E-state index contributed by atoms with van der Waals surface area (Å²) < 4.78 is 18.4. The van der Waals surface area contributed by atoms with Crippen LogP contribution < -0.4 is 0 Å². The molecule has 6 heteroatoms. The SMILES string of the molecule is Cc1ccc(-c2cnn(CC3(F)CCCC3)c2)c(-c2ccc3cn(C)nc3c2)n1. The Morgan fingerprint density at radius 3 is 2.72 bits per heavy atom. The summed E-state index contributed by atoms with van der Waals surface area (Å²) >= 11 is 0. The molecule has 0 spiro atoms. The molecule has 1 aliphatic rings. The number of rotatable bonds is 4. The van der Waals surface area contributed by atoms with E-state index >= 15 is 0 Å². The van der Waals surface area contributed by atoms with Gasteiger partial charge in [0.25, 0.3) is 0 Å². The summed E-state index contributed by atoms with van der Waals surface area (Å²) in [6.45, 7) is 2.31. The molecule has 29 heavy (non-hydrogen) atoms. The van der Waals surface area contributed by atoms with E-state index in [0.717, 1.165) is 51.8 Å². The van der Waals surface area contributed by atoms with Crippen LogP contribution in [0.15, 0.2) is 48.9 Å². The third-order valence-electron chi connectivity index (χ3n) is 5.82. The number of pyridine rings is 1. The van der Waals surface area contributed by atoms with Crippen molar-refractivity contribution in [3.63, 3.8) is 0 Å². The molecule has 0 bridgehead atoms. The lowest BCUT2D eigenvalue weighted by Crippen LogP contribution is -2.25. The predicted octanol–water partition coefficient (Wildman–Crippen LogP) is 5.09. The summed E-state index contributed by atoms with van der Waals surface area (Å²) in [5.74, 6) is 0. The highest BCUT2D eigenvalue weighted by Gasteiger charge is 2.34. The average Bonchev–Trinajstić information content (AvgIpc) is 3.41. The molecular weight excluding hydrogens is 365 g/mol. The number of halogens is 1. The normalized spacial score (nSPS) is 16.0. The van der Waals surface area contributed by atoms with E-state index in [2.05, 4.69) is 34.5 Å². The molecule has 0 N–H and O–H groups in total. The first-order valence-electron chi connectivity index (χ1n) is 10.1. The lowest BCUT2D eigenvalue weighted by Gasteiger charge is -2.18. The first-order chi connectivity index (χ1) is 14.0. The minimum absolute atomic E-state index is 0.321. The Morgan fingerprint density at radius 1 is 1.07 bits per heavy atom. The Hall–Kier alpha value is -3.02. The fourth-order valence-electron chi connectivity index (χ4n) is 4.34. The number of alkyl halides is 1. The average molecular weight is 389 g/mol. The molecule has 0 aliphatic heterocycles. The van der Waals surface area contributed by atoms with Gasteiger partial charge in [-0.1, -0.05) is 31.0 Å². The lowest BCUT2D eigenvalue weighted by atomic mass is 10.0. The van der Waals surface area contributed by atoms with Crippen LogP contribution in [0.2, 0.25) is 0 Å². The van der Waals surface area contributed by atoms with Gasteiger partial charge in [-0.15, -0.1) is 0 Å². The molecule has 5 nitrogen and oxygen atoms in total. The van der Waals surface area contributed by atoms with E-state index in [9.17, 15) is 4.39 Å². The standard InChI is InChI=1S/C23H24FN5/c1-16-5-8-20(19-12-25-29(14-19)15-23(24)9-3-4-10-23)22(26-16)17-6-7-18-13-28(2)27-21(18)11-17/h5-8,11-14H,3-4,9-10,15H2,1-2H3. The van der Waals surface area contributed by atoms with Gasteiger partial charge in [-0.3, -0.25) is 14.3 Å². The summed E-state index contributed by atoms with van der Waals surface area (Å²) in [6.07, 6.45) is 8.94. The summed E-state index contributed by atoms with van der Waals surface area (Å²) in [5.41, 5.74) is 4.63. The fraction of sp³-hybridized carbons (Fsp3) is 0.348. The molecule has 0 saturated heterocycles. The van der Waals surface area contributed by atoms with Crippen molar-refractivity contribution in [1.82, 2.24) is 24.5 Å². The topological polar surface area (TPSA) is 48.5 Å². The van der Waals surface area contributed by atoms with E-state index in [1.54, 1.807) is 4.68 Å². The van der Waals surface area contributed by atoms with Crippen LogP contribution >= 0.6 is 0 Å². The van der Waals surface area contributed by atoms with E-state index < -0.39 is 5.67 Å². The van der Waals surface area contributed by atoms with E-state index in [0.29, 0.717) is 19.4 Å². The molecule has 1 fully saturated rings. The molecule has 5 rings (SSSR count). The maximum Gasteiger partial charge on any atom is 0.130 e. The Balaban J connectivity index is 1.54. The van der Waals surface area contributed by atoms with Gasteiger partial charge in [0.05, 0.1) is 24.0 Å². The van der Waals surface area contributed by atoms with Crippen LogP contribution in [0, 0.1) is 6.92 Å². The molecule has 1 aliphatic carbocycles. The van der Waals surface area contributed by atoms with Crippen LogP contribution in [0.5, 0.6) is 0 Å². The molecule has 3 aromatic heterocycles. The molecule has 1 saturated carbocycles. The van der Waals surface area contributed by atoms with Crippen molar-refractivity contribution in [2.75, 3.05) is 0 Å². The molecule has 0 amide bonds. The van der Waals surface area contributed by atoms with E-state index in [-0.39, 0.29) is 0 Å². The monoisotopic (exact) mass is 389 g/mol. The third-order valence-corrected chi connectivity index (χ3v) is 5.82. The minimum atomic E-state index is -1.12. The smallest absolute Gasteiger partial charge is 0.130 e. The first-order valence-corrected chi connectivity index (χ1v) is 10.1. The molecule has 0 radical (unpaired) electrons. The Labute approximate surface area is 169 Å². The first kappa shape index (κ1) is 18.0. The van der Waals surface area contributed by atoms with Gasteiger partial charge in [0.15, 0.2) is 0 Å². The van der Waals surface area contributed by atoms with Gasteiger partial charge in [0.1, 0.15) is 5.67 Å². The van der Waals surface area contributed by atoms with Crippen molar-refractivity contribution >= 4 is 10.9 Å². The largest absolute Gasteiger partial charge is 0.275 e. The van der Waals surface area contributed by atoms with Gasteiger partial charge < -0.3 is 0 Å². The lowest BCUT2D eigenvalue weighted by molar-refractivity contribution is 0.139. The van der Waals surface area contributed by atoms with Crippen molar-refractivity contribution in [3.8, 4) is 22.4 Å². The highest BCUT2D eigenvalue weighted by atomic mass is 19.1. The van der Waals surface area contributed by atoms with Crippen molar-refractivity contribution in [2.45, 2.75) is 44.8 Å². The van der Waals surface area contributed by atoms with E-state index in [4.69, 9.17) is 4.98 Å². The van der Waals surface area contributed by atoms with Gasteiger partial charge >= 0.3 is 0 Å². The number of fused-ring (bicyclic) bond motifs is 1. The number of hydrogen-bond acceptors (Lipinski definition) is 3. The molecule has 3 heterocycles. The van der Waals surface area contributed by atoms with E-state index in [1.165, 1.54) is 0 Å². The van der Waals surface area contributed by atoms with Crippen LogP contribution in [-0.2, 0) is 13.6 Å². The Kier molecular flexibility index (Phi) is 4.23.